The molecule has 0 atom stereocenters. The molecule has 0 aromatic heterocycles. The van der Waals surface area contributed by atoms with Gasteiger partial charge < -0.3 is 14.4 Å². The minimum atomic E-state index is -0.279. The first-order valence-electron chi connectivity index (χ1n) is 6.04. The summed E-state index contributed by atoms with van der Waals surface area (Å²) in [4.78, 5) is 24.8. The molecule has 1 saturated carbocycles. The van der Waals surface area contributed by atoms with Crippen molar-refractivity contribution in [1.82, 2.24) is 4.90 Å². The summed E-state index contributed by atoms with van der Waals surface area (Å²) in [5.74, 6) is -0.318. The molecule has 0 aromatic carbocycles. The monoisotopic (exact) mass is 243 g/mol. The summed E-state index contributed by atoms with van der Waals surface area (Å²) in [5.41, 5.74) is 0. The van der Waals surface area contributed by atoms with E-state index >= 15 is 0 Å². The van der Waals surface area contributed by atoms with Crippen LogP contribution >= 0.6 is 0 Å². The summed E-state index contributed by atoms with van der Waals surface area (Å²) in [6.45, 7) is 0.511. The maximum absolute atomic E-state index is 11.9. The van der Waals surface area contributed by atoms with Gasteiger partial charge in [0.15, 0.2) is 0 Å². The summed E-state index contributed by atoms with van der Waals surface area (Å²) in [6.07, 6.45) is 4.61. The second-order valence-corrected chi connectivity index (χ2v) is 4.28. The van der Waals surface area contributed by atoms with Crippen molar-refractivity contribution < 1.29 is 19.1 Å². The summed E-state index contributed by atoms with van der Waals surface area (Å²) < 4.78 is 9.46. The Labute approximate surface area is 102 Å². The molecule has 1 aliphatic carbocycles. The molecule has 0 spiro atoms. The van der Waals surface area contributed by atoms with Gasteiger partial charge in [-0.25, -0.2) is 0 Å². The number of hydrogen-bond acceptors (Lipinski definition) is 4. The number of carbonyl (C=O) groups is 2. The fourth-order valence-electron chi connectivity index (χ4n) is 2.25. The highest BCUT2D eigenvalue weighted by Gasteiger charge is 2.26. The van der Waals surface area contributed by atoms with Gasteiger partial charge in [-0.1, -0.05) is 12.8 Å². The molecule has 0 bridgehead atoms. The highest BCUT2D eigenvalue weighted by molar-refractivity contribution is 5.78. The van der Waals surface area contributed by atoms with Crippen LogP contribution in [0.2, 0.25) is 0 Å². The zero-order chi connectivity index (χ0) is 12.7. The fourth-order valence-corrected chi connectivity index (χ4v) is 2.25. The number of amides is 1. The van der Waals surface area contributed by atoms with E-state index in [4.69, 9.17) is 4.74 Å². The Morgan fingerprint density at radius 2 is 1.88 bits per heavy atom. The molecule has 5 heteroatoms. The predicted molar refractivity (Wildman–Crippen MR) is 62.5 cm³/mol. The number of nitrogens with zero attached hydrogens (tertiary/aromatic N) is 1. The van der Waals surface area contributed by atoms with E-state index in [2.05, 4.69) is 4.74 Å². The largest absolute Gasteiger partial charge is 0.469 e. The lowest BCUT2D eigenvalue weighted by Crippen LogP contribution is -2.42. The van der Waals surface area contributed by atoms with Gasteiger partial charge in [0, 0.05) is 19.7 Å². The van der Waals surface area contributed by atoms with Gasteiger partial charge in [0.2, 0.25) is 5.91 Å². The van der Waals surface area contributed by atoms with E-state index in [1.54, 1.807) is 4.90 Å². The molecule has 0 unspecified atom stereocenters. The third-order valence-electron chi connectivity index (χ3n) is 3.14. The van der Waals surface area contributed by atoms with E-state index in [1.807, 2.05) is 0 Å². The second kappa shape index (κ2) is 7.27. The number of methoxy groups -OCH3 is 2. The molecule has 1 rings (SSSR count). The van der Waals surface area contributed by atoms with E-state index in [1.165, 1.54) is 14.2 Å². The average molecular weight is 243 g/mol. The van der Waals surface area contributed by atoms with Crippen molar-refractivity contribution in [2.75, 3.05) is 27.4 Å². The summed E-state index contributed by atoms with van der Waals surface area (Å²) in [5, 5.41) is 0. The molecule has 0 heterocycles. The standard InChI is InChI=1S/C12H21NO4/c1-16-9-11(14)13(8-7-12(15)17-2)10-5-3-4-6-10/h10H,3-9H2,1-2H3. The predicted octanol–water partition coefficient (Wildman–Crippen LogP) is 0.967. The number of rotatable bonds is 6. The maximum Gasteiger partial charge on any atom is 0.307 e. The van der Waals surface area contributed by atoms with E-state index in [0.717, 1.165) is 25.7 Å². The smallest absolute Gasteiger partial charge is 0.307 e. The molecule has 17 heavy (non-hydrogen) atoms. The van der Waals surface area contributed by atoms with Crippen LogP contribution in [0.25, 0.3) is 0 Å². The van der Waals surface area contributed by atoms with Gasteiger partial charge >= 0.3 is 5.97 Å². The third-order valence-corrected chi connectivity index (χ3v) is 3.14. The van der Waals surface area contributed by atoms with E-state index in [9.17, 15) is 9.59 Å². The SMILES string of the molecule is COCC(=O)N(CCC(=O)OC)C1CCCC1. The Morgan fingerprint density at radius 1 is 1.24 bits per heavy atom. The van der Waals surface area contributed by atoms with Crippen molar-refractivity contribution in [3.05, 3.63) is 0 Å². The van der Waals surface area contributed by atoms with Crippen LogP contribution < -0.4 is 0 Å². The lowest BCUT2D eigenvalue weighted by atomic mass is 10.2. The van der Waals surface area contributed by atoms with Crippen LogP contribution in [0.4, 0.5) is 0 Å². The van der Waals surface area contributed by atoms with Crippen LogP contribution in [0, 0.1) is 0 Å². The van der Waals surface area contributed by atoms with Gasteiger partial charge in [-0.05, 0) is 12.8 Å². The Bertz CT molecular complexity index is 261. The first-order chi connectivity index (χ1) is 8.19. The quantitative estimate of drug-likeness (QED) is 0.652. The second-order valence-electron chi connectivity index (χ2n) is 4.28. The van der Waals surface area contributed by atoms with E-state index < -0.39 is 0 Å². The van der Waals surface area contributed by atoms with Gasteiger partial charge in [-0.15, -0.1) is 0 Å². The Kier molecular flexibility index (Phi) is 5.97. The highest BCUT2D eigenvalue weighted by Crippen LogP contribution is 2.23. The molecule has 0 N–H and O–H groups in total. The van der Waals surface area contributed by atoms with Crippen LogP contribution in [0.1, 0.15) is 32.1 Å². The zero-order valence-electron chi connectivity index (χ0n) is 10.6. The van der Waals surface area contributed by atoms with Gasteiger partial charge in [0.05, 0.1) is 13.5 Å². The Morgan fingerprint density at radius 3 is 2.41 bits per heavy atom. The van der Waals surface area contributed by atoms with Gasteiger partial charge in [-0.2, -0.15) is 0 Å². The topological polar surface area (TPSA) is 55.8 Å². The molecular weight excluding hydrogens is 222 g/mol. The Balaban J connectivity index is 2.51. The van der Waals surface area contributed by atoms with Gasteiger partial charge in [-0.3, -0.25) is 9.59 Å². The highest BCUT2D eigenvalue weighted by atomic mass is 16.5. The lowest BCUT2D eigenvalue weighted by molar-refractivity contribution is -0.143. The molecular formula is C12H21NO4. The molecule has 1 amide bonds. The number of ether oxygens (including phenoxy) is 2. The fraction of sp³-hybridized carbons (Fsp3) is 0.833. The average Bonchev–Trinajstić information content (AvgIpc) is 2.83. The maximum atomic E-state index is 11.9. The number of carbonyl (C=O) groups excluding carboxylic acids is 2. The number of esters is 1. The molecule has 0 aliphatic heterocycles. The molecule has 0 radical (unpaired) electrons. The van der Waals surface area contributed by atoms with Crippen LogP contribution in [-0.2, 0) is 19.1 Å². The molecule has 1 fully saturated rings. The lowest BCUT2D eigenvalue weighted by Gasteiger charge is -2.28. The van der Waals surface area contributed by atoms with Gasteiger partial charge in [0.1, 0.15) is 6.61 Å². The van der Waals surface area contributed by atoms with Crippen LogP contribution in [0.15, 0.2) is 0 Å². The van der Waals surface area contributed by atoms with Crippen LogP contribution in [0.3, 0.4) is 0 Å². The van der Waals surface area contributed by atoms with Crippen molar-refractivity contribution in [3.8, 4) is 0 Å². The van der Waals surface area contributed by atoms with Crippen LogP contribution in [0.5, 0.6) is 0 Å². The third kappa shape index (κ3) is 4.34. The molecule has 1 aliphatic rings. The van der Waals surface area contributed by atoms with Crippen molar-refractivity contribution in [1.29, 1.82) is 0 Å². The minimum absolute atomic E-state index is 0.0386. The summed E-state index contributed by atoms with van der Waals surface area (Å²) in [7, 11) is 2.87. The first kappa shape index (κ1) is 14.0. The zero-order valence-corrected chi connectivity index (χ0v) is 10.6. The van der Waals surface area contributed by atoms with Crippen molar-refractivity contribution >= 4 is 11.9 Å². The van der Waals surface area contributed by atoms with Crippen molar-refractivity contribution in [2.24, 2.45) is 0 Å². The normalized spacial score (nSPS) is 15.9. The summed E-state index contributed by atoms with van der Waals surface area (Å²) >= 11 is 0. The number of hydrogen-bond donors (Lipinski definition) is 0. The molecule has 0 saturated heterocycles. The van der Waals surface area contributed by atoms with Crippen molar-refractivity contribution in [2.45, 2.75) is 38.1 Å². The molecule has 0 aromatic rings. The molecule has 5 nitrogen and oxygen atoms in total. The van der Waals surface area contributed by atoms with E-state index in [-0.39, 0.29) is 30.9 Å². The summed E-state index contributed by atoms with van der Waals surface area (Å²) in [6, 6.07) is 0.266. The Hall–Kier alpha value is -1.10. The van der Waals surface area contributed by atoms with E-state index in [0.29, 0.717) is 6.54 Å². The molecule has 98 valence electrons. The van der Waals surface area contributed by atoms with Crippen LogP contribution in [-0.4, -0.2) is 50.2 Å². The minimum Gasteiger partial charge on any atom is -0.469 e. The first-order valence-corrected chi connectivity index (χ1v) is 6.04. The van der Waals surface area contributed by atoms with Crippen molar-refractivity contribution in [3.63, 3.8) is 0 Å². The van der Waals surface area contributed by atoms with Gasteiger partial charge in [0.25, 0.3) is 0 Å².